The lowest BCUT2D eigenvalue weighted by Gasteiger charge is -2.13. The van der Waals surface area contributed by atoms with Gasteiger partial charge < -0.3 is 9.73 Å². The highest BCUT2D eigenvalue weighted by Crippen LogP contribution is 2.22. The molecule has 0 aliphatic carbocycles. The van der Waals surface area contributed by atoms with E-state index in [0.29, 0.717) is 6.04 Å². The third-order valence-electron chi connectivity index (χ3n) is 2.58. The van der Waals surface area contributed by atoms with Crippen LogP contribution in [0.4, 0.5) is 0 Å². The van der Waals surface area contributed by atoms with Crippen LogP contribution >= 0.6 is 0 Å². The number of hydrogen-bond donors (Lipinski definition) is 1. The lowest BCUT2D eigenvalue weighted by molar-refractivity contribution is 0.395. The molecule has 0 radical (unpaired) electrons. The molecule has 0 aliphatic heterocycles. The highest BCUT2D eigenvalue weighted by molar-refractivity contribution is 5.11. The number of nitrogens with one attached hydrogen (secondary N) is 1. The fraction of sp³-hybridized carbons (Fsp3) is 0.538. The maximum atomic E-state index is 5.73. The monoisotopic (exact) mass is 207 g/mol. The van der Waals surface area contributed by atoms with Crippen LogP contribution in [0.5, 0.6) is 0 Å². The van der Waals surface area contributed by atoms with E-state index in [1.54, 1.807) is 0 Å². The lowest BCUT2D eigenvalue weighted by Crippen LogP contribution is -2.15. The van der Waals surface area contributed by atoms with Crippen LogP contribution < -0.4 is 5.32 Å². The molecule has 1 heterocycles. The molecule has 0 bridgehead atoms. The van der Waals surface area contributed by atoms with Gasteiger partial charge in [-0.05, 0) is 38.9 Å². The highest BCUT2D eigenvalue weighted by atomic mass is 16.3. The molecule has 1 aromatic rings. The molecule has 0 aromatic carbocycles. The Kier molecular flexibility index (Phi) is 4.63. The third kappa shape index (κ3) is 3.56. The molecule has 1 N–H and O–H groups in total. The van der Waals surface area contributed by atoms with Crippen LogP contribution in [-0.4, -0.2) is 7.05 Å². The average molecular weight is 207 g/mol. The zero-order valence-corrected chi connectivity index (χ0v) is 9.97. The van der Waals surface area contributed by atoms with Gasteiger partial charge in [-0.25, -0.2) is 0 Å². The van der Waals surface area contributed by atoms with Crippen molar-refractivity contribution in [2.24, 2.45) is 0 Å². The summed E-state index contributed by atoms with van der Waals surface area (Å²) in [6, 6.07) is 4.43. The Morgan fingerprint density at radius 3 is 2.73 bits per heavy atom. The number of aryl methyl sites for hydroxylation is 1. The molecular formula is C13H21NO. The van der Waals surface area contributed by atoms with Crippen LogP contribution in [0, 0.1) is 0 Å². The Morgan fingerprint density at radius 2 is 2.27 bits per heavy atom. The second-order valence-corrected chi connectivity index (χ2v) is 3.99. The Balaban J connectivity index is 2.61. The molecular weight excluding hydrogens is 186 g/mol. The van der Waals surface area contributed by atoms with Crippen molar-refractivity contribution < 1.29 is 4.42 Å². The molecule has 84 valence electrons. The highest BCUT2D eigenvalue weighted by Gasteiger charge is 2.12. The Hall–Kier alpha value is -1.02. The van der Waals surface area contributed by atoms with Gasteiger partial charge in [0, 0.05) is 6.42 Å². The van der Waals surface area contributed by atoms with Gasteiger partial charge in [0.15, 0.2) is 0 Å². The first-order chi connectivity index (χ1) is 7.17. The van der Waals surface area contributed by atoms with Crippen molar-refractivity contribution in [3.63, 3.8) is 0 Å². The molecule has 0 saturated carbocycles. The van der Waals surface area contributed by atoms with Crippen molar-refractivity contribution in [1.29, 1.82) is 0 Å². The van der Waals surface area contributed by atoms with E-state index >= 15 is 0 Å². The molecule has 2 nitrogen and oxygen atoms in total. The van der Waals surface area contributed by atoms with E-state index in [-0.39, 0.29) is 0 Å². The van der Waals surface area contributed by atoms with E-state index in [4.69, 9.17) is 4.42 Å². The zero-order valence-electron chi connectivity index (χ0n) is 9.97. The second-order valence-electron chi connectivity index (χ2n) is 3.99. The minimum atomic E-state index is 0.307. The normalized spacial score (nSPS) is 12.7. The molecule has 1 unspecified atom stereocenters. The average Bonchev–Trinajstić information content (AvgIpc) is 2.67. The van der Waals surface area contributed by atoms with E-state index in [2.05, 4.69) is 37.9 Å². The Morgan fingerprint density at radius 1 is 1.53 bits per heavy atom. The van der Waals surface area contributed by atoms with Crippen molar-refractivity contribution >= 4 is 0 Å². The minimum Gasteiger partial charge on any atom is -0.464 e. The lowest BCUT2D eigenvalue weighted by atomic mass is 10.1. The predicted molar refractivity (Wildman–Crippen MR) is 63.9 cm³/mol. The van der Waals surface area contributed by atoms with E-state index in [0.717, 1.165) is 30.8 Å². The summed E-state index contributed by atoms with van der Waals surface area (Å²) in [7, 11) is 1.97. The van der Waals surface area contributed by atoms with Crippen LogP contribution in [0.15, 0.2) is 28.7 Å². The molecule has 0 saturated heterocycles. The molecule has 1 atom stereocenters. The summed E-state index contributed by atoms with van der Waals surface area (Å²) < 4.78 is 5.73. The minimum absolute atomic E-state index is 0.307. The smallest absolute Gasteiger partial charge is 0.121 e. The van der Waals surface area contributed by atoms with Crippen molar-refractivity contribution in [3.8, 4) is 0 Å². The number of hydrogen-bond acceptors (Lipinski definition) is 2. The van der Waals surface area contributed by atoms with Gasteiger partial charge >= 0.3 is 0 Å². The van der Waals surface area contributed by atoms with Gasteiger partial charge in [0.2, 0.25) is 0 Å². The zero-order chi connectivity index (χ0) is 11.3. The first-order valence-corrected chi connectivity index (χ1v) is 5.57. The van der Waals surface area contributed by atoms with Gasteiger partial charge in [-0.3, -0.25) is 0 Å². The van der Waals surface area contributed by atoms with Crippen molar-refractivity contribution in [2.45, 2.75) is 39.2 Å². The van der Waals surface area contributed by atoms with Crippen LogP contribution in [0.1, 0.15) is 44.3 Å². The van der Waals surface area contributed by atoms with Gasteiger partial charge in [0.1, 0.15) is 11.5 Å². The summed E-state index contributed by atoms with van der Waals surface area (Å²) in [6.07, 6.45) is 3.03. The summed E-state index contributed by atoms with van der Waals surface area (Å²) in [5.41, 5.74) is 1.22. The van der Waals surface area contributed by atoms with Crippen LogP contribution in [-0.2, 0) is 6.42 Å². The summed E-state index contributed by atoms with van der Waals surface area (Å²) >= 11 is 0. The van der Waals surface area contributed by atoms with Crippen LogP contribution in [0.25, 0.3) is 0 Å². The van der Waals surface area contributed by atoms with Gasteiger partial charge in [0.25, 0.3) is 0 Å². The largest absolute Gasteiger partial charge is 0.464 e. The molecule has 0 aliphatic rings. The summed E-state index contributed by atoms with van der Waals surface area (Å²) in [5.74, 6) is 2.09. The topological polar surface area (TPSA) is 25.2 Å². The van der Waals surface area contributed by atoms with Gasteiger partial charge in [0.05, 0.1) is 6.04 Å². The molecule has 2 heteroatoms. The molecule has 1 rings (SSSR count). The maximum absolute atomic E-state index is 5.73. The third-order valence-corrected chi connectivity index (χ3v) is 2.58. The molecule has 0 spiro atoms. The number of furan rings is 1. The number of rotatable bonds is 6. The molecule has 0 amide bonds. The first kappa shape index (κ1) is 12.1. The summed E-state index contributed by atoms with van der Waals surface area (Å²) in [6.45, 7) is 8.08. The fourth-order valence-electron chi connectivity index (χ4n) is 1.59. The van der Waals surface area contributed by atoms with Crippen molar-refractivity contribution in [3.05, 3.63) is 35.8 Å². The first-order valence-electron chi connectivity index (χ1n) is 5.57. The van der Waals surface area contributed by atoms with Crippen LogP contribution in [0.2, 0.25) is 0 Å². The van der Waals surface area contributed by atoms with E-state index in [9.17, 15) is 0 Å². The van der Waals surface area contributed by atoms with Gasteiger partial charge in [-0.1, -0.05) is 12.5 Å². The summed E-state index contributed by atoms with van der Waals surface area (Å²) in [5, 5.41) is 3.28. The fourth-order valence-corrected chi connectivity index (χ4v) is 1.59. The van der Waals surface area contributed by atoms with E-state index in [1.807, 2.05) is 7.05 Å². The Labute approximate surface area is 92.4 Å². The molecule has 1 aromatic heterocycles. The predicted octanol–water partition coefficient (Wildman–Crippen LogP) is 3.46. The second kappa shape index (κ2) is 5.76. The molecule has 15 heavy (non-hydrogen) atoms. The quantitative estimate of drug-likeness (QED) is 0.723. The van der Waals surface area contributed by atoms with Crippen molar-refractivity contribution in [2.75, 3.05) is 7.05 Å². The SMILES string of the molecule is C=C(C)CCC(NC)c1ccc(CC)o1. The standard InChI is InChI=1S/C13H21NO/c1-5-11-7-9-13(15-11)12(14-4)8-6-10(2)3/h7,9,12,14H,2,5-6,8H2,1,3-4H3. The Bertz CT molecular complexity index is 314. The van der Waals surface area contributed by atoms with Crippen LogP contribution in [0.3, 0.4) is 0 Å². The van der Waals surface area contributed by atoms with Gasteiger partial charge in [-0.15, -0.1) is 6.58 Å². The van der Waals surface area contributed by atoms with Crippen molar-refractivity contribution in [1.82, 2.24) is 5.32 Å². The number of allylic oxidation sites excluding steroid dienone is 1. The van der Waals surface area contributed by atoms with E-state index in [1.165, 1.54) is 5.57 Å². The van der Waals surface area contributed by atoms with E-state index < -0.39 is 0 Å². The maximum Gasteiger partial charge on any atom is 0.121 e. The van der Waals surface area contributed by atoms with Gasteiger partial charge in [-0.2, -0.15) is 0 Å². The summed E-state index contributed by atoms with van der Waals surface area (Å²) in [4.78, 5) is 0. The molecule has 0 fully saturated rings.